The van der Waals surface area contributed by atoms with Crippen molar-refractivity contribution in [1.82, 2.24) is 4.57 Å². The van der Waals surface area contributed by atoms with E-state index in [0.717, 1.165) is 11.3 Å². The van der Waals surface area contributed by atoms with E-state index in [1.807, 2.05) is 6.92 Å². The first-order valence-corrected chi connectivity index (χ1v) is 13.1. The Balaban J connectivity index is 2.03. The molecule has 0 N–H and O–H groups in total. The summed E-state index contributed by atoms with van der Waals surface area (Å²) in [5, 5.41) is 0.387. The minimum atomic E-state index is -3.02. The van der Waals surface area contributed by atoms with Gasteiger partial charge in [-0.15, -0.1) is 0 Å². The van der Waals surface area contributed by atoms with Gasteiger partial charge < -0.3 is 14.2 Å². The average Bonchev–Trinajstić information content (AvgIpc) is 3.19. The molecular formula is C27H25ClF2N2O5S. The van der Waals surface area contributed by atoms with Crippen LogP contribution in [0.4, 0.5) is 8.78 Å². The molecule has 0 spiro atoms. The van der Waals surface area contributed by atoms with Crippen molar-refractivity contribution in [1.29, 1.82) is 0 Å². The van der Waals surface area contributed by atoms with Crippen molar-refractivity contribution in [2.75, 3.05) is 13.7 Å². The largest absolute Gasteiger partial charge is 0.496 e. The molecule has 1 aliphatic rings. The fourth-order valence-corrected chi connectivity index (χ4v) is 5.47. The second-order valence-corrected chi connectivity index (χ2v) is 9.66. The van der Waals surface area contributed by atoms with E-state index in [4.69, 9.17) is 21.1 Å². The predicted molar refractivity (Wildman–Crippen MR) is 141 cm³/mol. The molecule has 0 saturated heterocycles. The number of thiazole rings is 1. The molecule has 1 aliphatic heterocycles. The molecule has 0 fully saturated rings. The molecule has 0 radical (unpaired) electrons. The fraction of sp³-hybridized carbons (Fsp3) is 0.296. The van der Waals surface area contributed by atoms with Crippen LogP contribution in [0.3, 0.4) is 0 Å². The van der Waals surface area contributed by atoms with Crippen molar-refractivity contribution >= 4 is 35.0 Å². The van der Waals surface area contributed by atoms with Gasteiger partial charge in [-0.05, 0) is 43.7 Å². The molecule has 3 aromatic rings. The zero-order chi connectivity index (χ0) is 27.4. The standard InChI is InChI=1S/C27H25ClF2N2O5S/c1-4-8-18-22(25(34)36-5-2)23(17-14-16(28)11-12-20(17)35-3)32-24(33)21(38-27(32)31-18)13-15-9-6-7-10-19(15)37-26(29)30/h6-7,9-14,23,26H,4-5,8H2,1-3H3/b21-13-/t23-/m1/s1. The van der Waals surface area contributed by atoms with Gasteiger partial charge in [-0.3, -0.25) is 9.36 Å². The van der Waals surface area contributed by atoms with Gasteiger partial charge in [-0.1, -0.05) is 54.5 Å². The minimum Gasteiger partial charge on any atom is -0.496 e. The maximum absolute atomic E-state index is 13.9. The number of methoxy groups -OCH3 is 1. The number of nitrogens with zero attached hydrogens (tertiary/aromatic N) is 2. The molecule has 0 unspecified atom stereocenters. The normalized spacial score (nSPS) is 15.3. The number of carbonyl (C=O) groups is 1. The highest BCUT2D eigenvalue weighted by Gasteiger charge is 2.36. The summed E-state index contributed by atoms with van der Waals surface area (Å²) >= 11 is 7.42. The lowest BCUT2D eigenvalue weighted by Crippen LogP contribution is -2.40. The summed E-state index contributed by atoms with van der Waals surface area (Å²) in [7, 11) is 1.48. The highest BCUT2D eigenvalue weighted by molar-refractivity contribution is 7.07. The average molecular weight is 563 g/mol. The second-order valence-electron chi connectivity index (χ2n) is 8.22. The third-order valence-electron chi connectivity index (χ3n) is 5.80. The molecule has 0 bridgehead atoms. The zero-order valence-corrected chi connectivity index (χ0v) is 22.4. The summed E-state index contributed by atoms with van der Waals surface area (Å²) in [6.07, 6.45) is 2.62. The van der Waals surface area contributed by atoms with E-state index in [2.05, 4.69) is 9.73 Å². The highest BCUT2D eigenvalue weighted by atomic mass is 35.5. The Bertz CT molecular complexity index is 1560. The van der Waals surface area contributed by atoms with E-state index in [1.54, 1.807) is 43.3 Å². The van der Waals surface area contributed by atoms with Crippen LogP contribution in [0.2, 0.25) is 5.02 Å². The molecule has 38 heavy (non-hydrogen) atoms. The third-order valence-corrected chi connectivity index (χ3v) is 7.02. The first-order chi connectivity index (χ1) is 18.3. The molecule has 7 nitrogen and oxygen atoms in total. The van der Waals surface area contributed by atoms with Crippen LogP contribution in [-0.2, 0) is 9.53 Å². The number of rotatable bonds is 9. The molecule has 0 amide bonds. The Labute approximate surface area is 226 Å². The molecule has 1 aromatic heterocycles. The molecule has 4 rings (SSSR count). The van der Waals surface area contributed by atoms with Crippen molar-refractivity contribution in [2.45, 2.75) is 39.3 Å². The van der Waals surface area contributed by atoms with E-state index < -0.39 is 24.2 Å². The summed E-state index contributed by atoms with van der Waals surface area (Å²) < 4.78 is 43.1. The molecule has 2 aromatic carbocycles. The van der Waals surface area contributed by atoms with Crippen molar-refractivity contribution < 1.29 is 27.8 Å². The van der Waals surface area contributed by atoms with Crippen molar-refractivity contribution in [2.24, 2.45) is 4.99 Å². The maximum Gasteiger partial charge on any atom is 0.387 e. The number of allylic oxidation sites excluding steroid dienone is 1. The van der Waals surface area contributed by atoms with Crippen LogP contribution in [0, 0.1) is 0 Å². The van der Waals surface area contributed by atoms with Crippen LogP contribution >= 0.6 is 22.9 Å². The van der Waals surface area contributed by atoms with Crippen LogP contribution in [0.25, 0.3) is 6.08 Å². The summed E-state index contributed by atoms with van der Waals surface area (Å²) in [4.78, 5) is 32.2. The van der Waals surface area contributed by atoms with Gasteiger partial charge in [-0.2, -0.15) is 8.78 Å². The molecular weight excluding hydrogens is 538 g/mol. The lowest BCUT2D eigenvalue weighted by molar-refractivity contribution is -0.139. The quantitative estimate of drug-likeness (QED) is 0.349. The Morgan fingerprint density at radius 2 is 1.97 bits per heavy atom. The number of ether oxygens (including phenoxy) is 3. The van der Waals surface area contributed by atoms with Crippen LogP contribution in [0.15, 0.2) is 63.5 Å². The number of hydrogen-bond donors (Lipinski definition) is 0. The Morgan fingerprint density at radius 3 is 2.66 bits per heavy atom. The predicted octanol–water partition coefficient (Wildman–Crippen LogP) is 4.84. The minimum absolute atomic E-state index is 0.0692. The van der Waals surface area contributed by atoms with Gasteiger partial charge in [0.2, 0.25) is 0 Å². The van der Waals surface area contributed by atoms with Gasteiger partial charge in [0.25, 0.3) is 5.56 Å². The van der Waals surface area contributed by atoms with Crippen LogP contribution in [0.1, 0.15) is 43.9 Å². The SMILES string of the molecule is CCCC1=C(C(=O)OCC)[C@@H](c2cc(Cl)ccc2OC)n2c(s/c(=C\c3ccccc3OC(F)F)c2=O)=N1. The number of benzene rings is 2. The smallest absolute Gasteiger partial charge is 0.387 e. The summed E-state index contributed by atoms with van der Waals surface area (Å²) in [6.45, 7) is 0.757. The number of para-hydroxylation sites is 1. The number of alkyl halides is 2. The van der Waals surface area contributed by atoms with Crippen molar-refractivity contribution in [3.05, 3.63) is 89.6 Å². The molecule has 200 valence electrons. The molecule has 11 heteroatoms. The van der Waals surface area contributed by atoms with Crippen LogP contribution < -0.4 is 24.4 Å². The number of esters is 1. The number of aromatic nitrogens is 1. The van der Waals surface area contributed by atoms with Crippen molar-refractivity contribution in [3.63, 3.8) is 0 Å². The van der Waals surface area contributed by atoms with Crippen LogP contribution in [-0.4, -0.2) is 30.9 Å². The van der Waals surface area contributed by atoms with Gasteiger partial charge in [0.1, 0.15) is 17.5 Å². The Hall–Kier alpha value is -3.50. The molecule has 2 heterocycles. The van der Waals surface area contributed by atoms with Gasteiger partial charge in [-0.25, -0.2) is 9.79 Å². The lowest BCUT2D eigenvalue weighted by atomic mass is 9.93. The number of carbonyl (C=O) groups excluding carboxylic acids is 1. The molecule has 1 atom stereocenters. The summed E-state index contributed by atoms with van der Waals surface area (Å²) in [5.74, 6) is -0.249. The van der Waals surface area contributed by atoms with E-state index in [0.29, 0.717) is 45.2 Å². The summed E-state index contributed by atoms with van der Waals surface area (Å²) in [6, 6.07) is 10.2. The molecule has 0 saturated carbocycles. The van der Waals surface area contributed by atoms with Gasteiger partial charge in [0, 0.05) is 16.1 Å². The van der Waals surface area contributed by atoms with E-state index in [-0.39, 0.29) is 22.5 Å². The number of fused-ring (bicyclic) bond motifs is 1. The Morgan fingerprint density at radius 1 is 1.21 bits per heavy atom. The monoisotopic (exact) mass is 562 g/mol. The third kappa shape index (κ3) is 5.51. The Kier molecular flexibility index (Phi) is 8.63. The first-order valence-electron chi connectivity index (χ1n) is 11.9. The van der Waals surface area contributed by atoms with Gasteiger partial charge in [0.05, 0.1) is 29.5 Å². The highest BCUT2D eigenvalue weighted by Crippen LogP contribution is 2.38. The summed E-state index contributed by atoms with van der Waals surface area (Å²) in [5.41, 5.74) is 1.03. The van der Waals surface area contributed by atoms with Crippen LogP contribution in [0.5, 0.6) is 11.5 Å². The fourth-order valence-electron chi connectivity index (χ4n) is 4.28. The van der Waals surface area contributed by atoms with E-state index in [9.17, 15) is 18.4 Å². The van der Waals surface area contributed by atoms with Crippen molar-refractivity contribution in [3.8, 4) is 11.5 Å². The molecule has 0 aliphatic carbocycles. The number of halogens is 3. The second kappa shape index (κ2) is 11.9. The maximum atomic E-state index is 13.9. The van der Waals surface area contributed by atoms with Gasteiger partial charge in [0.15, 0.2) is 4.80 Å². The number of hydrogen-bond acceptors (Lipinski definition) is 7. The first kappa shape index (κ1) is 27.5. The van der Waals surface area contributed by atoms with E-state index >= 15 is 0 Å². The lowest BCUT2D eigenvalue weighted by Gasteiger charge is -2.27. The zero-order valence-electron chi connectivity index (χ0n) is 20.9. The van der Waals surface area contributed by atoms with Gasteiger partial charge >= 0.3 is 12.6 Å². The topological polar surface area (TPSA) is 79.1 Å². The van der Waals surface area contributed by atoms with E-state index in [1.165, 1.54) is 23.8 Å².